The van der Waals surface area contributed by atoms with E-state index in [-0.39, 0.29) is 16.0 Å². The van der Waals surface area contributed by atoms with Crippen molar-refractivity contribution in [3.8, 4) is 16.3 Å². The molecule has 2 aromatic rings. The summed E-state index contributed by atoms with van der Waals surface area (Å²) in [6.45, 7) is 0. The third-order valence-corrected chi connectivity index (χ3v) is 3.18. The van der Waals surface area contributed by atoms with Crippen molar-refractivity contribution in [2.24, 2.45) is 0 Å². The molecule has 2 heterocycles. The topological polar surface area (TPSA) is 47.0 Å². The van der Waals surface area contributed by atoms with Crippen LogP contribution in [0.4, 0.5) is 19.0 Å². The predicted molar refractivity (Wildman–Crippen MR) is 66.6 cm³/mol. The number of ether oxygens (including phenoxy) is 1. The monoisotopic (exact) mass is 309 g/mol. The van der Waals surface area contributed by atoms with Gasteiger partial charge in [-0.3, -0.25) is 5.32 Å². The SMILES string of the molecule is COc1ccc(NC(F)(F)F)nc1-c1cnc(Cl)s1. The zero-order valence-corrected chi connectivity index (χ0v) is 11.0. The Hall–Kier alpha value is -1.54. The molecule has 102 valence electrons. The van der Waals surface area contributed by atoms with Crippen LogP contribution in [-0.2, 0) is 0 Å². The number of thiazole rings is 1. The summed E-state index contributed by atoms with van der Waals surface area (Å²) in [6, 6.07) is 2.57. The van der Waals surface area contributed by atoms with E-state index in [0.29, 0.717) is 10.6 Å². The van der Waals surface area contributed by atoms with Crippen LogP contribution in [0.25, 0.3) is 10.6 Å². The highest BCUT2D eigenvalue weighted by Crippen LogP contribution is 2.35. The summed E-state index contributed by atoms with van der Waals surface area (Å²) in [5.74, 6) is 0.0147. The molecule has 9 heteroatoms. The quantitative estimate of drug-likeness (QED) is 0.876. The molecule has 0 saturated carbocycles. The maximum Gasteiger partial charge on any atom is 0.483 e. The minimum Gasteiger partial charge on any atom is -0.494 e. The van der Waals surface area contributed by atoms with Crippen LogP contribution in [0.5, 0.6) is 5.75 Å². The standard InChI is InChI=1S/C10H7ClF3N3OS/c1-18-5-2-3-7(17-10(12,13)14)16-8(5)6-4-15-9(11)19-6/h2-4H,1H3,(H,16,17). The van der Waals surface area contributed by atoms with Crippen molar-refractivity contribution in [3.05, 3.63) is 22.8 Å². The summed E-state index contributed by atoms with van der Waals surface area (Å²) in [5.41, 5.74) is 0.251. The summed E-state index contributed by atoms with van der Waals surface area (Å²) >= 11 is 6.80. The third-order valence-electron chi connectivity index (χ3n) is 2.06. The van der Waals surface area contributed by atoms with Crippen LogP contribution >= 0.6 is 22.9 Å². The van der Waals surface area contributed by atoms with Gasteiger partial charge in [0, 0.05) is 6.20 Å². The number of methoxy groups -OCH3 is 1. The predicted octanol–water partition coefficient (Wildman–Crippen LogP) is 3.80. The molecule has 0 aliphatic carbocycles. The van der Waals surface area contributed by atoms with Gasteiger partial charge in [-0.1, -0.05) is 11.6 Å². The van der Waals surface area contributed by atoms with E-state index in [4.69, 9.17) is 16.3 Å². The Morgan fingerprint density at radius 2 is 2.11 bits per heavy atom. The molecule has 0 radical (unpaired) electrons. The first-order chi connectivity index (χ1) is 8.89. The van der Waals surface area contributed by atoms with Gasteiger partial charge in [0.15, 0.2) is 4.47 Å². The van der Waals surface area contributed by atoms with Crippen LogP contribution < -0.4 is 10.1 Å². The van der Waals surface area contributed by atoms with E-state index < -0.39 is 6.30 Å². The fourth-order valence-corrected chi connectivity index (χ4v) is 2.30. The Morgan fingerprint density at radius 3 is 2.63 bits per heavy atom. The molecule has 19 heavy (non-hydrogen) atoms. The van der Waals surface area contributed by atoms with Crippen LogP contribution in [0.3, 0.4) is 0 Å². The van der Waals surface area contributed by atoms with Gasteiger partial charge in [-0.25, -0.2) is 9.97 Å². The van der Waals surface area contributed by atoms with Gasteiger partial charge in [-0.15, -0.1) is 11.3 Å². The Kier molecular flexibility index (Phi) is 3.81. The van der Waals surface area contributed by atoms with Gasteiger partial charge in [0.05, 0.1) is 12.0 Å². The highest BCUT2D eigenvalue weighted by atomic mass is 35.5. The van der Waals surface area contributed by atoms with Crippen molar-refractivity contribution in [1.82, 2.24) is 9.97 Å². The average Bonchev–Trinajstić information content (AvgIpc) is 2.73. The van der Waals surface area contributed by atoms with Crippen molar-refractivity contribution in [3.63, 3.8) is 0 Å². The minimum absolute atomic E-state index is 0.251. The number of anilines is 1. The summed E-state index contributed by atoms with van der Waals surface area (Å²) in [6.07, 6.45) is -3.13. The average molecular weight is 310 g/mol. The molecule has 0 saturated heterocycles. The van der Waals surface area contributed by atoms with Crippen molar-refractivity contribution in [1.29, 1.82) is 0 Å². The van der Waals surface area contributed by atoms with Crippen LogP contribution in [-0.4, -0.2) is 23.4 Å². The van der Waals surface area contributed by atoms with Gasteiger partial charge in [-0.2, -0.15) is 13.2 Å². The van der Waals surface area contributed by atoms with E-state index in [1.165, 1.54) is 30.8 Å². The molecule has 0 aliphatic heterocycles. The van der Waals surface area contributed by atoms with E-state index in [0.717, 1.165) is 11.3 Å². The smallest absolute Gasteiger partial charge is 0.483 e. The number of hydrogen-bond acceptors (Lipinski definition) is 5. The molecule has 0 bridgehead atoms. The number of nitrogens with one attached hydrogen (secondary N) is 1. The number of alkyl halides is 3. The molecule has 0 atom stereocenters. The van der Waals surface area contributed by atoms with Gasteiger partial charge >= 0.3 is 6.30 Å². The van der Waals surface area contributed by atoms with E-state index in [9.17, 15) is 13.2 Å². The van der Waals surface area contributed by atoms with Crippen molar-refractivity contribution < 1.29 is 17.9 Å². The molecule has 2 rings (SSSR count). The third kappa shape index (κ3) is 3.48. The lowest BCUT2D eigenvalue weighted by molar-refractivity contribution is -0.100. The van der Waals surface area contributed by atoms with Gasteiger partial charge in [-0.05, 0) is 12.1 Å². The molecule has 0 fully saturated rings. The second kappa shape index (κ2) is 5.22. The lowest BCUT2D eigenvalue weighted by atomic mass is 10.3. The minimum atomic E-state index is -4.55. The Labute approximate surface area is 115 Å². The Morgan fingerprint density at radius 1 is 1.37 bits per heavy atom. The van der Waals surface area contributed by atoms with Crippen LogP contribution in [0.1, 0.15) is 0 Å². The van der Waals surface area contributed by atoms with Crippen LogP contribution in [0, 0.1) is 0 Å². The number of aromatic nitrogens is 2. The molecule has 4 nitrogen and oxygen atoms in total. The van der Waals surface area contributed by atoms with Gasteiger partial charge in [0.1, 0.15) is 17.3 Å². The molecule has 1 N–H and O–H groups in total. The van der Waals surface area contributed by atoms with E-state index in [2.05, 4.69) is 9.97 Å². The molecule has 0 spiro atoms. The molecular weight excluding hydrogens is 303 g/mol. The second-order valence-electron chi connectivity index (χ2n) is 3.35. The van der Waals surface area contributed by atoms with E-state index in [1.807, 2.05) is 0 Å². The van der Waals surface area contributed by atoms with Gasteiger partial charge < -0.3 is 4.74 Å². The van der Waals surface area contributed by atoms with E-state index in [1.54, 1.807) is 0 Å². The number of nitrogens with zero attached hydrogens (tertiary/aromatic N) is 2. The highest BCUT2D eigenvalue weighted by Gasteiger charge is 2.28. The summed E-state index contributed by atoms with van der Waals surface area (Å²) < 4.78 is 42.1. The van der Waals surface area contributed by atoms with Gasteiger partial charge in [0.2, 0.25) is 0 Å². The van der Waals surface area contributed by atoms with Crippen LogP contribution in [0.15, 0.2) is 18.3 Å². The maximum absolute atomic E-state index is 12.2. The molecule has 0 amide bonds. The summed E-state index contributed by atoms with van der Waals surface area (Å²) in [4.78, 5) is 8.21. The lowest BCUT2D eigenvalue weighted by Gasteiger charge is -2.11. The van der Waals surface area contributed by atoms with Crippen molar-refractivity contribution >= 4 is 28.8 Å². The first-order valence-corrected chi connectivity index (χ1v) is 6.10. The van der Waals surface area contributed by atoms with Crippen LogP contribution in [0.2, 0.25) is 4.47 Å². The molecule has 0 unspecified atom stereocenters. The first-order valence-electron chi connectivity index (χ1n) is 4.90. The van der Waals surface area contributed by atoms with Crippen molar-refractivity contribution in [2.75, 3.05) is 12.4 Å². The first kappa shape index (κ1) is 13.9. The van der Waals surface area contributed by atoms with Gasteiger partial charge in [0.25, 0.3) is 0 Å². The molecule has 0 aromatic carbocycles. The second-order valence-corrected chi connectivity index (χ2v) is 4.96. The highest BCUT2D eigenvalue weighted by molar-refractivity contribution is 7.18. The molecule has 0 aliphatic rings. The number of hydrogen-bond donors (Lipinski definition) is 1. The lowest BCUT2D eigenvalue weighted by Crippen LogP contribution is -2.21. The Balaban J connectivity index is 2.42. The fraction of sp³-hybridized carbons (Fsp3) is 0.200. The molecular formula is C10H7ClF3N3OS. The zero-order valence-electron chi connectivity index (χ0n) is 9.45. The van der Waals surface area contributed by atoms with E-state index >= 15 is 0 Å². The summed E-state index contributed by atoms with van der Waals surface area (Å²) in [5, 5.41) is 1.33. The Bertz CT molecular complexity index is 588. The summed E-state index contributed by atoms with van der Waals surface area (Å²) in [7, 11) is 1.40. The largest absolute Gasteiger partial charge is 0.494 e. The maximum atomic E-state index is 12.2. The number of rotatable bonds is 3. The number of halogens is 4. The fourth-order valence-electron chi connectivity index (χ4n) is 1.36. The van der Waals surface area contributed by atoms with Crippen molar-refractivity contribution in [2.45, 2.75) is 6.30 Å². The normalized spacial score (nSPS) is 11.4. The molecule has 2 aromatic heterocycles. The zero-order chi connectivity index (χ0) is 14.0. The number of pyridine rings is 1.